The molecule has 1 aromatic heterocycles. The molecule has 0 aromatic carbocycles. The van der Waals surface area contributed by atoms with Gasteiger partial charge in [-0.25, -0.2) is 0 Å². The lowest BCUT2D eigenvalue weighted by Crippen LogP contribution is -2.63. The molecule has 0 radical (unpaired) electrons. The van der Waals surface area contributed by atoms with Crippen molar-refractivity contribution in [3.8, 4) is 0 Å². The van der Waals surface area contributed by atoms with E-state index in [2.05, 4.69) is 20.4 Å². The maximum atomic E-state index is 5.47. The molecule has 0 saturated carbocycles. The fourth-order valence-corrected chi connectivity index (χ4v) is 4.01. The van der Waals surface area contributed by atoms with Crippen molar-refractivity contribution in [2.75, 3.05) is 65.6 Å². The predicted octanol–water partition coefficient (Wildman–Crippen LogP) is 1.01. The van der Waals surface area contributed by atoms with E-state index in [0.29, 0.717) is 12.0 Å². The zero-order chi connectivity index (χ0) is 17.6. The first-order valence-electron chi connectivity index (χ1n) is 9.95. The Morgan fingerprint density at radius 2 is 2.11 bits per heavy atom. The Kier molecular flexibility index (Phi) is 8.23. The topological polar surface area (TPSA) is 65.3 Å². The molecular weight excluding hydrogens is 457 g/mol. The van der Waals surface area contributed by atoms with Gasteiger partial charge in [0, 0.05) is 77.3 Å². The van der Waals surface area contributed by atoms with Crippen LogP contribution in [0.15, 0.2) is 27.8 Å². The molecule has 152 valence electrons. The first kappa shape index (κ1) is 20.9. The average Bonchev–Trinajstić information content (AvgIpc) is 3.38. The highest BCUT2D eigenvalue weighted by Gasteiger charge is 2.31. The molecule has 7 nitrogen and oxygen atoms in total. The van der Waals surface area contributed by atoms with Gasteiger partial charge in [0.25, 0.3) is 0 Å². The van der Waals surface area contributed by atoms with Crippen molar-refractivity contribution < 1.29 is 9.15 Å². The van der Waals surface area contributed by atoms with E-state index in [0.717, 1.165) is 57.4 Å². The molecule has 0 spiro atoms. The predicted molar refractivity (Wildman–Crippen MR) is 117 cm³/mol. The van der Waals surface area contributed by atoms with Crippen LogP contribution in [0, 0.1) is 5.92 Å². The van der Waals surface area contributed by atoms with Crippen LogP contribution in [0.5, 0.6) is 0 Å². The summed E-state index contributed by atoms with van der Waals surface area (Å²) in [4.78, 5) is 10.0. The molecule has 4 saturated heterocycles. The van der Waals surface area contributed by atoms with E-state index in [4.69, 9.17) is 14.1 Å². The summed E-state index contributed by atoms with van der Waals surface area (Å²) in [5.41, 5.74) is 0. The van der Waals surface area contributed by atoms with Crippen molar-refractivity contribution in [3.63, 3.8) is 0 Å². The first-order chi connectivity index (χ1) is 12.9. The Balaban J connectivity index is 0.00000210. The van der Waals surface area contributed by atoms with Gasteiger partial charge in [-0.15, -0.1) is 24.0 Å². The lowest BCUT2D eigenvalue weighted by molar-refractivity contribution is 0.0154. The fraction of sp³-hybridized carbons (Fsp3) is 0.737. The number of furan rings is 1. The second kappa shape index (κ2) is 10.6. The molecule has 2 unspecified atom stereocenters. The second-order valence-electron chi connectivity index (χ2n) is 7.55. The van der Waals surface area contributed by atoms with Gasteiger partial charge in [-0.05, 0) is 18.6 Å². The third-order valence-electron chi connectivity index (χ3n) is 5.67. The Bertz CT molecular complexity index is 569. The lowest BCUT2D eigenvalue weighted by atomic mass is 10.1. The van der Waals surface area contributed by atoms with Gasteiger partial charge < -0.3 is 19.8 Å². The van der Waals surface area contributed by atoms with Crippen LogP contribution in [0.1, 0.15) is 12.2 Å². The average molecular weight is 489 g/mol. The van der Waals surface area contributed by atoms with Gasteiger partial charge in [0.15, 0.2) is 5.96 Å². The Labute approximate surface area is 178 Å². The summed E-state index contributed by atoms with van der Waals surface area (Å²) in [7, 11) is 0. The van der Waals surface area contributed by atoms with E-state index in [1.165, 1.54) is 32.7 Å². The van der Waals surface area contributed by atoms with Crippen molar-refractivity contribution >= 4 is 29.9 Å². The molecule has 1 aromatic rings. The molecule has 4 aliphatic heterocycles. The minimum absolute atomic E-state index is 0. The Hall–Kier alpha value is -0.840. The second-order valence-corrected chi connectivity index (χ2v) is 7.55. The number of halogens is 1. The quantitative estimate of drug-likeness (QED) is 0.339. The number of piperazine rings is 3. The molecule has 4 fully saturated rings. The van der Waals surface area contributed by atoms with Crippen LogP contribution in [-0.4, -0.2) is 87.4 Å². The van der Waals surface area contributed by atoms with Gasteiger partial charge in [-0.2, -0.15) is 0 Å². The molecule has 2 N–H and O–H groups in total. The molecule has 8 heteroatoms. The maximum Gasteiger partial charge on any atom is 0.191 e. The van der Waals surface area contributed by atoms with Crippen molar-refractivity contribution in [3.05, 3.63) is 24.2 Å². The van der Waals surface area contributed by atoms with Gasteiger partial charge in [-0.1, -0.05) is 0 Å². The summed E-state index contributed by atoms with van der Waals surface area (Å²) in [6.07, 6.45) is 3.71. The summed E-state index contributed by atoms with van der Waals surface area (Å²) in [6.45, 7) is 10.3. The van der Waals surface area contributed by atoms with Crippen LogP contribution >= 0.6 is 24.0 Å². The molecule has 0 amide bonds. The summed E-state index contributed by atoms with van der Waals surface area (Å²) in [5, 5.41) is 7.05. The summed E-state index contributed by atoms with van der Waals surface area (Å²) in [5.74, 6) is 2.48. The lowest BCUT2D eigenvalue weighted by Gasteiger charge is -2.47. The highest BCUT2D eigenvalue weighted by molar-refractivity contribution is 14.0. The normalized spacial score (nSPS) is 30.1. The number of hydrogen-bond acceptors (Lipinski definition) is 5. The third-order valence-corrected chi connectivity index (χ3v) is 5.67. The van der Waals surface area contributed by atoms with Crippen LogP contribution in [0.4, 0.5) is 0 Å². The van der Waals surface area contributed by atoms with E-state index in [-0.39, 0.29) is 24.0 Å². The van der Waals surface area contributed by atoms with Gasteiger partial charge in [-0.3, -0.25) is 14.8 Å². The van der Waals surface area contributed by atoms with E-state index in [9.17, 15) is 0 Å². The summed E-state index contributed by atoms with van der Waals surface area (Å²) < 4.78 is 10.9. The number of fused-ring (bicyclic) bond motifs is 3. The van der Waals surface area contributed by atoms with Crippen molar-refractivity contribution in [1.29, 1.82) is 0 Å². The highest BCUT2D eigenvalue weighted by Crippen LogP contribution is 2.15. The van der Waals surface area contributed by atoms with E-state index >= 15 is 0 Å². The third kappa shape index (κ3) is 6.07. The Morgan fingerprint density at radius 1 is 1.22 bits per heavy atom. The van der Waals surface area contributed by atoms with E-state index < -0.39 is 0 Å². The number of nitrogens with zero attached hydrogens (tertiary/aromatic N) is 3. The monoisotopic (exact) mass is 489 g/mol. The zero-order valence-electron chi connectivity index (χ0n) is 15.9. The molecule has 27 heavy (non-hydrogen) atoms. The van der Waals surface area contributed by atoms with Crippen LogP contribution in [0.2, 0.25) is 0 Å². The number of rotatable bonds is 7. The number of guanidine groups is 1. The van der Waals surface area contributed by atoms with Crippen LogP contribution in [0.25, 0.3) is 0 Å². The minimum Gasteiger partial charge on any atom is -0.469 e. The van der Waals surface area contributed by atoms with Crippen LogP contribution in [0.3, 0.4) is 0 Å². The molecule has 2 bridgehead atoms. The van der Waals surface area contributed by atoms with Crippen molar-refractivity contribution in [2.45, 2.75) is 18.9 Å². The standard InChI is InChI=1S/C19H31N5O2.HI/c1-2-18(26-10-1)3-5-20-19(21-12-16-4-11-25-15-16)22-13-17-14-23-6-8-24(17)9-7-23;/h1-2,10,16-17H,3-9,11-15H2,(H2,20,21,22);1H. The number of aliphatic imine (C=N–C) groups is 1. The number of ether oxygens (including phenoxy) is 1. The summed E-state index contributed by atoms with van der Waals surface area (Å²) >= 11 is 0. The van der Waals surface area contributed by atoms with Gasteiger partial charge >= 0.3 is 0 Å². The molecule has 4 aliphatic rings. The van der Waals surface area contributed by atoms with Crippen LogP contribution in [-0.2, 0) is 11.2 Å². The fourth-order valence-electron chi connectivity index (χ4n) is 4.01. The smallest absolute Gasteiger partial charge is 0.191 e. The van der Waals surface area contributed by atoms with Crippen molar-refractivity contribution in [2.24, 2.45) is 10.9 Å². The van der Waals surface area contributed by atoms with E-state index in [1.54, 1.807) is 6.26 Å². The van der Waals surface area contributed by atoms with Gasteiger partial charge in [0.1, 0.15) is 5.76 Å². The highest BCUT2D eigenvalue weighted by atomic mass is 127. The number of nitrogens with one attached hydrogen (secondary N) is 2. The maximum absolute atomic E-state index is 5.47. The first-order valence-corrected chi connectivity index (χ1v) is 9.95. The minimum atomic E-state index is 0. The van der Waals surface area contributed by atoms with Gasteiger partial charge in [0.2, 0.25) is 0 Å². The van der Waals surface area contributed by atoms with Gasteiger partial charge in [0.05, 0.1) is 12.9 Å². The Morgan fingerprint density at radius 3 is 2.78 bits per heavy atom. The molecule has 2 atom stereocenters. The molecule has 5 rings (SSSR count). The number of hydrogen-bond donors (Lipinski definition) is 2. The largest absolute Gasteiger partial charge is 0.469 e. The SMILES string of the molecule is I.c1coc(CCNC(=NCC2CCOC2)NCC2CN3CCN2CC3)c1. The zero-order valence-corrected chi connectivity index (χ0v) is 18.3. The molecular formula is C19H32IN5O2. The molecule has 0 aliphatic carbocycles. The summed E-state index contributed by atoms with van der Waals surface area (Å²) in [6, 6.07) is 4.54. The van der Waals surface area contributed by atoms with Crippen molar-refractivity contribution in [1.82, 2.24) is 20.4 Å². The van der Waals surface area contributed by atoms with Crippen LogP contribution < -0.4 is 10.6 Å². The molecule has 5 heterocycles. The van der Waals surface area contributed by atoms with E-state index in [1.807, 2.05) is 12.1 Å².